The van der Waals surface area contributed by atoms with Crippen LogP contribution >= 0.6 is 11.3 Å². The minimum absolute atomic E-state index is 0.0556. The number of rotatable bonds is 0. The van der Waals surface area contributed by atoms with Crippen molar-refractivity contribution in [2.45, 2.75) is 13.8 Å². The first-order chi connectivity index (χ1) is 7.98. The second-order valence-electron chi connectivity index (χ2n) is 4.10. The van der Waals surface area contributed by atoms with Crippen molar-refractivity contribution in [3.8, 4) is 0 Å². The molecule has 2 aliphatic heterocycles. The van der Waals surface area contributed by atoms with E-state index < -0.39 is 10.0 Å². The third kappa shape index (κ3) is 1.61. The SMILES string of the molecule is Cc1sc2c(c1C)C1=NS(=O)(=O)CCN1C=N2. The van der Waals surface area contributed by atoms with Crippen molar-refractivity contribution in [1.82, 2.24) is 4.90 Å². The summed E-state index contributed by atoms with van der Waals surface area (Å²) in [5, 5.41) is 0.854. The van der Waals surface area contributed by atoms with Gasteiger partial charge in [0.1, 0.15) is 5.00 Å². The maximum Gasteiger partial charge on any atom is 0.256 e. The van der Waals surface area contributed by atoms with Crippen LogP contribution in [0.1, 0.15) is 16.0 Å². The molecule has 3 rings (SSSR count). The van der Waals surface area contributed by atoms with E-state index in [0.717, 1.165) is 21.0 Å². The van der Waals surface area contributed by atoms with E-state index in [2.05, 4.69) is 9.39 Å². The van der Waals surface area contributed by atoms with E-state index >= 15 is 0 Å². The van der Waals surface area contributed by atoms with Gasteiger partial charge in [-0.15, -0.1) is 15.7 Å². The van der Waals surface area contributed by atoms with Gasteiger partial charge in [0, 0.05) is 11.4 Å². The zero-order valence-electron chi connectivity index (χ0n) is 9.47. The van der Waals surface area contributed by atoms with Gasteiger partial charge in [0.05, 0.1) is 17.7 Å². The molecule has 0 atom stereocenters. The quantitative estimate of drug-likeness (QED) is 0.716. The third-order valence-corrected chi connectivity index (χ3v) is 5.26. The summed E-state index contributed by atoms with van der Waals surface area (Å²) in [7, 11) is -3.31. The summed E-state index contributed by atoms with van der Waals surface area (Å²) in [5.74, 6) is 0.586. The fourth-order valence-electron chi connectivity index (χ4n) is 1.94. The molecule has 1 aromatic heterocycles. The van der Waals surface area contributed by atoms with Crippen LogP contribution in [0.25, 0.3) is 0 Å². The lowest BCUT2D eigenvalue weighted by molar-refractivity contribution is 0.573. The number of fused-ring (bicyclic) bond motifs is 3. The number of hydrogen-bond donors (Lipinski definition) is 0. The van der Waals surface area contributed by atoms with Crippen molar-refractivity contribution in [2.75, 3.05) is 12.3 Å². The molecule has 0 saturated heterocycles. The number of nitrogens with zero attached hydrogens (tertiary/aromatic N) is 3. The summed E-state index contributed by atoms with van der Waals surface area (Å²) >= 11 is 1.57. The van der Waals surface area contributed by atoms with Crippen molar-refractivity contribution in [3.05, 3.63) is 16.0 Å². The topological polar surface area (TPSA) is 62.1 Å². The van der Waals surface area contributed by atoms with Crippen LogP contribution < -0.4 is 0 Å². The van der Waals surface area contributed by atoms with Gasteiger partial charge < -0.3 is 4.90 Å². The molecule has 0 aromatic carbocycles. The second-order valence-corrected chi connectivity index (χ2v) is 7.06. The van der Waals surface area contributed by atoms with Gasteiger partial charge in [-0.25, -0.2) is 13.4 Å². The predicted octanol–water partition coefficient (Wildman–Crippen LogP) is 1.43. The van der Waals surface area contributed by atoms with Crippen molar-refractivity contribution in [1.29, 1.82) is 0 Å². The van der Waals surface area contributed by atoms with Crippen LogP contribution in [-0.4, -0.2) is 37.8 Å². The van der Waals surface area contributed by atoms with Gasteiger partial charge in [-0.3, -0.25) is 0 Å². The Balaban J connectivity index is 2.28. The summed E-state index contributed by atoms with van der Waals surface area (Å²) in [5.41, 5.74) is 1.95. The Labute approximate surface area is 104 Å². The van der Waals surface area contributed by atoms with Crippen molar-refractivity contribution < 1.29 is 8.42 Å². The Morgan fingerprint density at radius 3 is 2.94 bits per heavy atom. The summed E-state index contributed by atoms with van der Waals surface area (Å²) < 4.78 is 27.0. The molecule has 1 aromatic rings. The fourth-order valence-corrected chi connectivity index (χ4v) is 3.91. The lowest BCUT2D eigenvalue weighted by atomic mass is 10.1. The molecular formula is C10H11N3O2S2. The average molecular weight is 269 g/mol. The van der Waals surface area contributed by atoms with Crippen LogP contribution in [-0.2, 0) is 10.0 Å². The van der Waals surface area contributed by atoms with E-state index in [0.29, 0.717) is 12.4 Å². The minimum Gasteiger partial charge on any atom is -0.315 e. The number of sulfonamides is 1. The second kappa shape index (κ2) is 3.39. The Morgan fingerprint density at radius 1 is 1.41 bits per heavy atom. The van der Waals surface area contributed by atoms with Crippen LogP contribution in [0, 0.1) is 13.8 Å². The highest BCUT2D eigenvalue weighted by Gasteiger charge is 2.31. The maximum absolute atomic E-state index is 11.6. The Bertz CT molecular complexity index is 655. The number of aliphatic imine (C=N–C) groups is 1. The first kappa shape index (κ1) is 10.9. The number of aryl methyl sites for hydroxylation is 1. The van der Waals surface area contributed by atoms with Gasteiger partial charge in [-0.05, 0) is 19.4 Å². The summed E-state index contributed by atoms with van der Waals surface area (Å²) in [6.45, 7) is 4.42. The number of thiophene rings is 1. The van der Waals surface area contributed by atoms with Crippen LogP contribution in [0.5, 0.6) is 0 Å². The van der Waals surface area contributed by atoms with E-state index in [9.17, 15) is 8.42 Å². The normalized spacial score (nSPS) is 20.8. The highest BCUT2D eigenvalue weighted by molar-refractivity contribution is 7.90. The molecule has 2 aliphatic rings. The van der Waals surface area contributed by atoms with Crippen LogP contribution in [0.15, 0.2) is 9.39 Å². The van der Waals surface area contributed by atoms with Crippen LogP contribution in [0.2, 0.25) is 0 Å². The smallest absolute Gasteiger partial charge is 0.256 e. The van der Waals surface area contributed by atoms with E-state index in [1.807, 2.05) is 18.7 Å². The molecule has 0 saturated carbocycles. The summed E-state index contributed by atoms with van der Waals surface area (Å²) in [4.78, 5) is 7.31. The van der Waals surface area contributed by atoms with Gasteiger partial charge in [0.2, 0.25) is 0 Å². The number of hydrogen-bond acceptors (Lipinski definition) is 5. The molecule has 0 spiro atoms. The van der Waals surface area contributed by atoms with Gasteiger partial charge >= 0.3 is 0 Å². The lowest BCUT2D eigenvalue weighted by Crippen LogP contribution is -2.40. The Morgan fingerprint density at radius 2 is 2.18 bits per heavy atom. The molecule has 0 radical (unpaired) electrons. The zero-order valence-corrected chi connectivity index (χ0v) is 11.1. The standard InChI is InChI=1S/C10H11N3O2S2/c1-6-7(2)16-10-8(6)9-12-17(14,15)4-3-13(9)5-11-10/h5H,3-4H2,1-2H3. The fraction of sp³-hybridized carbons (Fsp3) is 0.400. The molecule has 17 heavy (non-hydrogen) atoms. The Kier molecular flexibility index (Phi) is 2.18. The molecule has 5 nitrogen and oxygen atoms in total. The van der Waals surface area contributed by atoms with Gasteiger partial charge in [0.15, 0.2) is 5.84 Å². The van der Waals surface area contributed by atoms with Gasteiger partial charge in [-0.1, -0.05) is 0 Å². The molecule has 0 aliphatic carbocycles. The zero-order chi connectivity index (χ0) is 12.2. The number of amidine groups is 1. The van der Waals surface area contributed by atoms with Crippen molar-refractivity contribution in [2.24, 2.45) is 9.39 Å². The summed E-state index contributed by atoms with van der Waals surface area (Å²) in [6, 6.07) is 0. The molecule has 90 valence electrons. The Hall–Kier alpha value is -1.21. The first-order valence-electron chi connectivity index (χ1n) is 5.22. The molecule has 0 fully saturated rings. The molecule has 0 bridgehead atoms. The lowest BCUT2D eigenvalue weighted by Gasteiger charge is -2.27. The highest BCUT2D eigenvalue weighted by atomic mass is 32.2. The monoisotopic (exact) mass is 269 g/mol. The molecule has 3 heterocycles. The van der Waals surface area contributed by atoms with Crippen LogP contribution in [0.4, 0.5) is 5.00 Å². The summed E-state index contributed by atoms with van der Waals surface area (Å²) in [6.07, 6.45) is 1.67. The largest absolute Gasteiger partial charge is 0.315 e. The van der Waals surface area contributed by atoms with Crippen LogP contribution in [0.3, 0.4) is 0 Å². The maximum atomic E-state index is 11.6. The van der Waals surface area contributed by atoms with Gasteiger partial charge in [0.25, 0.3) is 10.0 Å². The molecule has 0 unspecified atom stereocenters. The molecule has 0 amide bonds. The van der Waals surface area contributed by atoms with E-state index in [1.54, 1.807) is 17.7 Å². The van der Waals surface area contributed by atoms with E-state index in [1.165, 1.54) is 0 Å². The minimum atomic E-state index is -3.31. The molecule has 0 N–H and O–H groups in total. The van der Waals surface area contributed by atoms with E-state index in [-0.39, 0.29) is 5.75 Å². The third-order valence-electron chi connectivity index (χ3n) is 2.99. The first-order valence-corrected chi connectivity index (χ1v) is 7.64. The molecular weight excluding hydrogens is 258 g/mol. The van der Waals surface area contributed by atoms with Gasteiger partial charge in [-0.2, -0.15) is 0 Å². The van der Waals surface area contributed by atoms with Crippen molar-refractivity contribution >= 4 is 38.5 Å². The average Bonchev–Trinajstić information content (AvgIpc) is 2.54. The predicted molar refractivity (Wildman–Crippen MR) is 69.0 cm³/mol. The molecule has 7 heteroatoms. The highest BCUT2D eigenvalue weighted by Crippen LogP contribution is 2.38. The van der Waals surface area contributed by atoms with E-state index in [4.69, 9.17) is 0 Å². The van der Waals surface area contributed by atoms with Crippen molar-refractivity contribution in [3.63, 3.8) is 0 Å².